The molecule has 2 N–H and O–H groups in total. The van der Waals surface area contributed by atoms with Gasteiger partial charge in [0.25, 0.3) is 11.8 Å². The van der Waals surface area contributed by atoms with E-state index in [9.17, 15) is 14.4 Å². The Morgan fingerprint density at radius 3 is 2.40 bits per heavy atom. The first-order valence-electron chi connectivity index (χ1n) is 15.2. The van der Waals surface area contributed by atoms with Gasteiger partial charge in [0, 0.05) is 22.7 Å². The molecule has 1 atom stereocenters. The zero-order valence-electron chi connectivity index (χ0n) is 25.3. The summed E-state index contributed by atoms with van der Waals surface area (Å²) in [6.07, 6.45) is 7.36. The average Bonchev–Trinajstić information content (AvgIpc) is 3.21. The number of aliphatic imine (C=N–C) groups is 1. The van der Waals surface area contributed by atoms with Crippen LogP contribution in [0.25, 0.3) is 0 Å². The third-order valence-corrected chi connectivity index (χ3v) is 9.11. The van der Waals surface area contributed by atoms with Gasteiger partial charge in [-0.15, -0.1) is 0 Å². The minimum absolute atomic E-state index is 0.0662. The van der Waals surface area contributed by atoms with E-state index >= 15 is 0 Å². The first-order valence-corrected chi connectivity index (χ1v) is 15.6. The van der Waals surface area contributed by atoms with E-state index in [1.54, 1.807) is 18.2 Å². The topological polar surface area (TPSA) is 99.1 Å². The highest BCUT2D eigenvalue weighted by atomic mass is 35.5. The molecule has 0 bridgehead atoms. The maximum atomic E-state index is 14.4. The molecule has 42 heavy (non-hydrogen) atoms. The Morgan fingerprint density at radius 1 is 1.12 bits per heavy atom. The molecule has 2 aliphatic rings. The molecule has 1 fully saturated rings. The predicted octanol–water partition coefficient (Wildman–Crippen LogP) is 7.43. The van der Waals surface area contributed by atoms with Crippen molar-refractivity contribution in [3.63, 3.8) is 0 Å². The number of benzene rings is 2. The molecule has 1 saturated carbocycles. The van der Waals surface area contributed by atoms with E-state index in [1.165, 1.54) is 0 Å². The summed E-state index contributed by atoms with van der Waals surface area (Å²) >= 11 is 6.34. The molecule has 1 heterocycles. The molecule has 226 valence electrons. The first-order chi connectivity index (χ1) is 19.9. The summed E-state index contributed by atoms with van der Waals surface area (Å²) in [7, 11) is 0. The lowest BCUT2D eigenvalue weighted by Crippen LogP contribution is -2.51. The summed E-state index contributed by atoms with van der Waals surface area (Å²) in [5.74, 6) is -0.779. The SMILES string of the molecule is CCCCC[C@H](c1ccc(C(=O)NCCC(=O)O)cc1)N1C(=O)C(c2cccc(Cl)c2)=NC12CCC(C(C)(C)C)CC2. The van der Waals surface area contributed by atoms with Crippen molar-refractivity contribution < 1.29 is 19.5 Å². The van der Waals surface area contributed by atoms with Gasteiger partial charge in [-0.3, -0.25) is 19.4 Å². The fourth-order valence-corrected chi connectivity index (χ4v) is 6.63. The zero-order valence-corrected chi connectivity index (χ0v) is 26.0. The Morgan fingerprint density at radius 2 is 1.81 bits per heavy atom. The molecule has 0 aromatic heterocycles. The van der Waals surface area contributed by atoms with Crippen LogP contribution in [0.2, 0.25) is 5.02 Å². The van der Waals surface area contributed by atoms with Crippen molar-refractivity contribution in [3.05, 3.63) is 70.2 Å². The lowest BCUT2D eigenvalue weighted by molar-refractivity contribution is -0.137. The van der Waals surface area contributed by atoms with Crippen LogP contribution >= 0.6 is 11.6 Å². The standard InChI is InChI=1S/C34H44ClN3O4/c1-5-6-7-11-28(23-12-14-24(15-13-23)31(41)36-21-18-29(39)40)38-32(42)30(25-9-8-10-27(35)22-25)37-34(38)19-16-26(17-20-34)33(2,3)4/h8-10,12-15,22,26,28H,5-7,11,16-21H2,1-4H3,(H,36,41)(H,39,40)/t26?,28-,34?/m1/s1. The average molecular weight is 594 g/mol. The number of carboxylic acid groups (broad SMARTS) is 1. The maximum Gasteiger partial charge on any atom is 0.305 e. The fourth-order valence-electron chi connectivity index (χ4n) is 6.44. The number of rotatable bonds is 11. The van der Waals surface area contributed by atoms with Crippen molar-refractivity contribution >= 4 is 35.1 Å². The van der Waals surface area contributed by atoms with Crippen molar-refractivity contribution in [2.75, 3.05) is 6.54 Å². The van der Waals surface area contributed by atoms with Crippen molar-refractivity contribution in [3.8, 4) is 0 Å². The highest BCUT2D eigenvalue weighted by Gasteiger charge is 2.52. The molecular weight excluding hydrogens is 550 g/mol. The van der Waals surface area contributed by atoms with Gasteiger partial charge in [-0.05, 0) is 73.3 Å². The van der Waals surface area contributed by atoms with Crippen LogP contribution in [0.1, 0.15) is 113 Å². The Kier molecular flexibility index (Phi) is 10.1. The van der Waals surface area contributed by atoms with Crippen LogP contribution in [0.5, 0.6) is 0 Å². The number of halogens is 1. The van der Waals surface area contributed by atoms with Gasteiger partial charge >= 0.3 is 5.97 Å². The molecule has 7 nitrogen and oxygen atoms in total. The molecule has 1 aliphatic carbocycles. The molecular formula is C34H44ClN3O4. The normalized spacial score (nSPS) is 21.4. The number of amides is 2. The smallest absolute Gasteiger partial charge is 0.305 e. The molecule has 1 spiro atoms. The molecule has 2 amide bonds. The molecule has 0 unspecified atom stereocenters. The minimum Gasteiger partial charge on any atom is -0.481 e. The quantitative estimate of drug-likeness (QED) is 0.265. The van der Waals surface area contributed by atoms with Crippen LogP contribution in [0, 0.1) is 11.3 Å². The molecule has 0 saturated heterocycles. The van der Waals surface area contributed by atoms with E-state index in [2.05, 4.69) is 37.9 Å². The first kappa shape index (κ1) is 31.7. The van der Waals surface area contributed by atoms with E-state index in [1.807, 2.05) is 30.3 Å². The minimum atomic E-state index is -0.958. The van der Waals surface area contributed by atoms with Gasteiger partial charge in [-0.25, -0.2) is 0 Å². The van der Waals surface area contributed by atoms with Gasteiger partial charge in [0.1, 0.15) is 11.4 Å². The van der Waals surface area contributed by atoms with Crippen molar-refractivity contribution in [2.24, 2.45) is 16.3 Å². The molecule has 2 aromatic rings. The number of aliphatic carboxylic acids is 1. The highest BCUT2D eigenvalue weighted by Crippen LogP contribution is 2.50. The van der Waals surface area contributed by atoms with E-state index in [0.717, 1.165) is 62.5 Å². The fraction of sp³-hybridized carbons (Fsp3) is 0.529. The van der Waals surface area contributed by atoms with Gasteiger partial charge in [0.05, 0.1) is 12.5 Å². The monoisotopic (exact) mass is 593 g/mol. The van der Waals surface area contributed by atoms with Gasteiger partial charge in [-0.2, -0.15) is 0 Å². The van der Waals surface area contributed by atoms with E-state index in [4.69, 9.17) is 21.7 Å². The molecule has 1 aliphatic heterocycles. The Hall–Kier alpha value is -3.19. The van der Waals surface area contributed by atoms with Gasteiger partial charge in [0.15, 0.2) is 0 Å². The molecule has 0 radical (unpaired) electrons. The second-order valence-corrected chi connectivity index (χ2v) is 13.2. The summed E-state index contributed by atoms with van der Waals surface area (Å²) in [6.45, 7) is 9.12. The van der Waals surface area contributed by atoms with Crippen LogP contribution in [0.4, 0.5) is 0 Å². The van der Waals surface area contributed by atoms with E-state index < -0.39 is 11.6 Å². The van der Waals surface area contributed by atoms with Crippen LogP contribution < -0.4 is 5.32 Å². The summed E-state index contributed by atoms with van der Waals surface area (Å²) < 4.78 is 0. The second-order valence-electron chi connectivity index (χ2n) is 12.8. The lowest BCUT2D eigenvalue weighted by atomic mass is 9.69. The van der Waals surface area contributed by atoms with Gasteiger partial charge in [0.2, 0.25) is 0 Å². The third-order valence-electron chi connectivity index (χ3n) is 8.87. The number of hydrogen-bond donors (Lipinski definition) is 2. The van der Waals surface area contributed by atoms with E-state index in [-0.39, 0.29) is 36.2 Å². The predicted molar refractivity (Wildman–Crippen MR) is 167 cm³/mol. The number of unbranched alkanes of at least 4 members (excludes halogenated alkanes) is 2. The van der Waals surface area contributed by atoms with Crippen LogP contribution in [-0.2, 0) is 9.59 Å². The van der Waals surface area contributed by atoms with Crippen molar-refractivity contribution in [2.45, 2.75) is 97.2 Å². The Bertz CT molecular complexity index is 1310. The summed E-state index contributed by atoms with van der Waals surface area (Å²) in [5, 5.41) is 12.1. The van der Waals surface area contributed by atoms with Crippen molar-refractivity contribution in [1.82, 2.24) is 10.2 Å². The molecule has 4 rings (SSSR count). The molecule has 2 aromatic carbocycles. The van der Waals surface area contributed by atoms with Crippen LogP contribution in [0.15, 0.2) is 53.5 Å². The maximum absolute atomic E-state index is 14.4. The highest BCUT2D eigenvalue weighted by molar-refractivity contribution is 6.47. The number of nitrogens with zero attached hydrogens (tertiary/aromatic N) is 2. The Labute approximate surface area is 254 Å². The second kappa shape index (κ2) is 13.4. The summed E-state index contributed by atoms with van der Waals surface area (Å²) in [4.78, 5) is 45.2. The number of carbonyl (C=O) groups is 3. The number of hydrogen-bond acceptors (Lipinski definition) is 4. The lowest BCUT2D eigenvalue weighted by Gasteiger charge is -2.47. The summed E-state index contributed by atoms with van der Waals surface area (Å²) in [5.41, 5.74) is 2.22. The van der Waals surface area contributed by atoms with Crippen LogP contribution in [0.3, 0.4) is 0 Å². The largest absolute Gasteiger partial charge is 0.481 e. The number of nitrogens with one attached hydrogen (secondary N) is 1. The van der Waals surface area contributed by atoms with Crippen LogP contribution in [-0.4, -0.2) is 45.7 Å². The third kappa shape index (κ3) is 7.23. The summed E-state index contributed by atoms with van der Waals surface area (Å²) in [6, 6.07) is 14.6. The zero-order chi connectivity index (χ0) is 30.5. The number of carbonyl (C=O) groups excluding carboxylic acids is 2. The number of carboxylic acids is 1. The Balaban J connectivity index is 1.69. The molecule has 8 heteroatoms. The van der Waals surface area contributed by atoms with Crippen molar-refractivity contribution in [1.29, 1.82) is 0 Å². The van der Waals surface area contributed by atoms with E-state index in [0.29, 0.717) is 22.2 Å². The van der Waals surface area contributed by atoms with Gasteiger partial charge in [-0.1, -0.05) is 82.8 Å². The van der Waals surface area contributed by atoms with Gasteiger partial charge < -0.3 is 15.3 Å².